The maximum atomic E-state index is 15.0. The Labute approximate surface area is 196 Å². The van der Waals surface area contributed by atoms with Gasteiger partial charge in [0.15, 0.2) is 0 Å². The van der Waals surface area contributed by atoms with Crippen LogP contribution in [0.3, 0.4) is 0 Å². The molecule has 3 aromatic rings. The summed E-state index contributed by atoms with van der Waals surface area (Å²) in [6.45, 7) is 3.76. The summed E-state index contributed by atoms with van der Waals surface area (Å²) in [5, 5.41) is 2.71. The molecule has 0 fully saturated rings. The number of benzene rings is 2. The first-order valence-corrected chi connectivity index (χ1v) is 11.3. The number of nitrogens with zero attached hydrogens (tertiary/aromatic N) is 2. The van der Waals surface area contributed by atoms with Gasteiger partial charge in [-0.1, -0.05) is 18.2 Å². The van der Waals surface area contributed by atoms with Gasteiger partial charge >= 0.3 is 0 Å². The molecule has 0 unspecified atom stereocenters. The maximum absolute atomic E-state index is 15.0. The monoisotopic (exact) mass is 464 g/mol. The number of rotatable bonds is 5. The van der Waals surface area contributed by atoms with Gasteiger partial charge in [0.05, 0.1) is 6.61 Å². The highest BCUT2D eigenvalue weighted by molar-refractivity contribution is 5.97. The summed E-state index contributed by atoms with van der Waals surface area (Å²) >= 11 is 0. The first-order valence-electron chi connectivity index (χ1n) is 11.3. The van der Waals surface area contributed by atoms with Crippen LogP contribution < -0.4 is 11.1 Å². The number of aromatic nitrogens is 1. The molecule has 3 N–H and O–H groups in total. The number of methoxy groups -OCH3 is 1. The smallest absolute Gasteiger partial charge is 0.251 e. The van der Waals surface area contributed by atoms with Crippen molar-refractivity contribution >= 4 is 11.7 Å². The Morgan fingerprint density at radius 2 is 1.88 bits per heavy atom. The predicted octanol–water partition coefficient (Wildman–Crippen LogP) is 3.57. The van der Waals surface area contributed by atoms with Crippen LogP contribution in [0.15, 0.2) is 36.4 Å². The Balaban J connectivity index is 1.52. The number of hydrogen-bond donors (Lipinski definition) is 2. The fourth-order valence-corrected chi connectivity index (χ4v) is 4.76. The Morgan fingerprint density at radius 1 is 1.03 bits per heavy atom. The van der Waals surface area contributed by atoms with Crippen LogP contribution in [-0.4, -0.2) is 49.1 Å². The molecule has 0 bridgehead atoms. The van der Waals surface area contributed by atoms with E-state index in [0.717, 1.165) is 37.2 Å². The van der Waals surface area contributed by atoms with Gasteiger partial charge in [-0.25, -0.2) is 9.37 Å². The number of pyridine rings is 1. The number of carbonyl (C=O) groups is 1. The van der Waals surface area contributed by atoms with Crippen LogP contribution in [-0.2, 0) is 24.1 Å². The van der Waals surface area contributed by atoms with E-state index < -0.39 is 11.8 Å². The summed E-state index contributed by atoms with van der Waals surface area (Å²) in [4.78, 5) is 18.3. The molecule has 5 rings (SSSR count). The second kappa shape index (κ2) is 9.12. The SMILES string of the molecule is COCCN1CCc2cc(-c3cc(-c4cc5c(cc4F)C(=O)NCC5)c(N)nc3F)ccc2C1. The molecule has 0 radical (unpaired) electrons. The summed E-state index contributed by atoms with van der Waals surface area (Å²) in [5.41, 5.74) is 10.9. The van der Waals surface area contributed by atoms with Crippen LogP contribution in [0.5, 0.6) is 0 Å². The van der Waals surface area contributed by atoms with Crippen molar-refractivity contribution in [1.82, 2.24) is 15.2 Å². The molecule has 3 heterocycles. The van der Waals surface area contributed by atoms with Crippen molar-refractivity contribution < 1.29 is 18.3 Å². The molecular weight excluding hydrogens is 438 g/mol. The molecule has 2 aliphatic rings. The first-order chi connectivity index (χ1) is 16.4. The van der Waals surface area contributed by atoms with E-state index in [1.165, 1.54) is 11.6 Å². The van der Waals surface area contributed by atoms with Crippen LogP contribution in [0, 0.1) is 11.8 Å². The van der Waals surface area contributed by atoms with Crippen LogP contribution in [0.2, 0.25) is 0 Å². The lowest BCUT2D eigenvalue weighted by Crippen LogP contribution is -2.33. The van der Waals surface area contributed by atoms with E-state index >= 15 is 4.39 Å². The Kier molecular flexibility index (Phi) is 6.02. The number of fused-ring (bicyclic) bond motifs is 2. The summed E-state index contributed by atoms with van der Waals surface area (Å²) < 4.78 is 35.1. The lowest BCUT2D eigenvalue weighted by molar-refractivity contribution is 0.0945. The van der Waals surface area contributed by atoms with Crippen molar-refractivity contribution in [3.8, 4) is 22.3 Å². The molecule has 1 aromatic heterocycles. The number of anilines is 1. The number of hydrogen-bond acceptors (Lipinski definition) is 5. The number of ether oxygens (including phenoxy) is 1. The van der Waals surface area contributed by atoms with Gasteiger partial charge in [0, 0.05) is 55.5 Å². The summed E-state index contributed by atoms with van der Waals surface area (Å²) in [6, 6.07) is 10.3. The average molecular weight is 465 g/mol. The fraction of sp³-hybridized carbons (Fsp3) is 0.308. The van der Waals surface area contributed by atoms with E-state index in [4.69, 9.17) is 10.5 Å². The van der Waals surface area contributed by atoms with E-state index in [1.807, 2.05) is 18.2 Å². The van der Waals surface area contributed by atoms with Gasteiger partial charge in [0.1, 0.15) is 11.6 Å². The highest BCUT2D eigenvalue weighted by atomic mass is 19.1. The zero-order chi connectivity index (χ0) is 23.8. The molecule has 0 aliphatic carbocycles. The van der Waals surface area contributed by atoms with Gasteiger partial charge in [-0.15, -0.1) is 0 Å². The lowest BCUT2D eigenvalue weighted by Gasteiger charge is -2.28. The predicted molar refractivity (Wildman–Crippen MR) is 126 cm³/mol. The molecule has 34 heavy (non-hydrogen) atoms. The van der Waals surface area contributed by atoms with Crippen LogP contribution in [0.25, 0.3) is 22.3 Å². The van der Waals surface area contributed by atoms with E-state index in [1.54, 1.807) is 19.2 Å². The lowest BCUT2D eigenvalue weighted by atomic mass is 9.92. The van der Waals surface area contributed by atoms with Crippen LogP contribution >= 0.6 is 0 Å². The zero-order valence-corrected chi connectivity index (χ0v) is 19.0. The third-order valence-electron chi connectivity index (χ3n) is 6.63. The molecule has 0 spiro atoms. The van der Waals surface area contributed by atoms with E-state index in [-0.39, 0.29) is 22.9 Å². The maximum Gasteiger partial charge on any atom is 0.251 e. The van der Waals surface area contributed by atoms with Crippen molar-refractivity contribution in [2.75, 3.05) is 39.1 Å². The summed E-state index contributed by atoms with van der Waals surface area (Å²) in [7, 11) is 1.69. The van der Waals surface area contributed by atoms with Gasteiger partial charge in [-0.2, -0.15) is 4.39 Å². The molecule has 0 saturated carbocycles. The van der Waals surface area contributed by atoms with Crippen molar-refractivity contribution in [1.29, 1.82) is 0 Å². The topological polar surface area (TPSA) is 80.5 Å². The van der Waals surface area contributed by atoms with Gasteiger partial charge in [-0.05, 0) is 53.3 Å². The van der Waals surface area contributed by atoms with Crippen molar-refractivity contribution in [3.05, 3.63) is 70.4 Å². The molecule has 2 aromatic carbocycles. The standard InChI is InChI=1S/C26H26F2N4O2/c1-34-9-8-32-7-5-15-10-16(2-3-18(15)14-32)19-12-22(25(29)31-24(19)28)21-11-17-4-6-30-26(33)20(17)13-23(21)27/h2-3,10-13H,4-9,14H2,1H3,(H2,29,31)(H,30,33). The number of nitrogens with two attached hydrogens (primary N) is 1. The highest BCUT2D eigenvalue weighted by Crippen LogP contribution is 2.36. The molecular formula is C26H26F2N4O2. The quantitative estimate of drug-likeness (QED) is 0.565. The third kappa shape index (κ3) is 4.15. The number of nitrogen functional groups attached to an aromatic ring is 1. The van der Waals surface area contributed by atoms with Crippen molar-refractivity contribution in [2.24, 2.45) is 0 Å². The minimum absolute atomic E-state index is 0.0906. The molecule has 0 atom stereocenters. The summed E-state index contributed by atoms with van der Waals surface area (Å²) in [5.74, 6) is -1.68. The van der Waals surface area contributed by atoms with E-state index in [9.17, 15) is 9.18 Å². The first kappa shape index (κ1) is 22.4. The molecule has 2 aliphatic heterocycles. The second-order valence-corrected chi connectivity index (χ2v) is 8.76. The number of halogens is 2. The van der Waals surface area contributed by atoms with Gasteiger partial charge in [0.2, 0.25) is 5.95 Å². The largest absolute Gasteiger partial charge is 0.383 e. The number of amides is 1. The van der Waals surface area contributed by atoms with Gasteiger partial charge in [-0.3, -0.25) is 9.69 Å². The minimum Gasteiger partial charge on any atom is -0.383 e. The zero-order valence-electron chi connectivity index (χ0n) is 19.0. The number of nitrogens with one attached hydrogen (secondary N) is 1. The van der Waals surface area contributed by atoms with Gasteiger partial charge < -0.3 is 15.8 Å². The van der Waals surface area contributed by atoms with Crippen molar-refractivity contribution in [2.45, 2.75) is 19.4 Å². The van der Waals surface area contributed by atoms with Crippen LogP contribution in [0.4, 0.5) is 14.6 Å². The molecule has 0 saturated heterocycles. The summed E-state index contributed by atoms with van der Waals surface area (Å²) in [6.07, 6.45) is 1.44. The van der Waals surface area contributed by atoms with E-state index in [2.05, 4.69) is 15.2 Å². The Morgan fingerprint density at radius 3 is 2.71 bits per heavy atom. The normalized spacial score (nSPS) is 15.6. The van der Waals surface area contributed by atoms with Crippen molar-refractivity contribution in [3.63, 3.8) is 0 Å². The Hall–Kier alpha value is -3.36. The average Bonchev–Trinajstić information content (AvgIpc) is 2.83. The van der Waals surface area contributed by atoms with Crippen LogP contribution in [0.1, 0.15) is 27.0 Å². The second-order valence-electron chi connectivity index (χ2n) is 8.76. The van der Waals surface area contributed by atoms with E-state index in [0.29, 0.717) is 36.3 Å². The molecule has 176 valence electrons. The Bertz CT molecular complexity index is 1280. The molecule has 1 amide bonds. The van der Waals surface area contributed by atoms with Gasteiger partial charge in [0.25, 0.3) is 5.91 Å². The number of carbonyl (C=O) groups excluding carboxylic acids is 1. The molecule has 8 heteroatoms. The highest BCUT2D eigenvalue weighted by Gasteiger charge is 2.23. The fourth-order valence-electron chi connectivity index (χ4n) is 4.76. The third-order valence-corrected chi connectivity index (χ3v) is 6.63. The minimum atomic E-state index is -0.698. The molecule has 6 nitrogen and oxygen atoms in total.